The lowest BCUT2D eigenvalue weighted by molar-refractivity contribution is -0.149. The minimum Gasteiger partial charge on any atom is -0.466 e. The molecule has 0 aliphatic carbocycles. The highest BCUT2D eigenvalue weighted by Crippen LogP contribution is 2.23. The van der Waals surface area contributed by atoms with Crippen LogP contribution in [-0.2, 0) is 30.3 Å². The van der Waals surface area contributed by atoms with Gasteiger partial charge in [0.1, 0.15) is 11.9 Å². The standard InChI is InChI=1S/C21H26O6/c1-14(2)6-9-18-13-17(8-11-20(23)25-5)7-10-19(18)27-21(24)12-15(3)26-16(4)22/h6-8,10-11,13,15H,9,12H2,1-5H3/t15-/m0/s1. The van der Waals surface area contributed by atoms with Gasteiger partial charge in [0, 0.05) is 13.0 Å². The molecule has 146 valence electrons. The topological polar surface area (TPSA) is 78.9 Å². The Labute approximate surface area is 159 Å². The van der Waals surface area contributed by atoms with E-state index in [0.717, 1.165) is 16.7 Å². The van der Waals surface area contributed by atoms with E-state index in [9.17, 15) is 14.4 Å². The number of carbonyl (C=O) groups excluding carboxylic acids is 3. The van der Waals surface area contributed by atoms with Crippen molar-refractivity contribution in [3.05, 3.63) is 47.1 Å². The maximum Gasteiger partial charge on any atom is 0.330 e. The summed E-state index contributed by atoms with van der Waals surface area (Å²) in [5.74, 6) is -0.945. The Morgan fingerprint density at radius 2 is 1.85 bits per heavy atom. The van der Waals surface area contributed by atoms with E-state index in [2.05, 4.69) is 4.74 Å². The molecule has 0 aliphatic heterocycles. The molecule has 0 aromatic heterocycles. The summed E-state index contributed by atoms with van der Waals surface area (Å²) in [5, 5.41) is 0. The molecule has 0 spiro atoms. The van der Waals surface area contributed by atoms with Crippen LogP contribution < -0.4 is 4.74 Å². The number of methoxy groups -OCH3 is 1. The number of allylic oxidation sites excluding steroid dienone is 2. The van der Waals surface area contributed by atoms with E-state index >= 15 is 0 Å². The summed E-state index contributed by atoms with van der Waals surface area (Å²) < 4.78 is 15.0. The van der Waals surface area contributed by atoms with Gasteiger partial charge in [-0.05, 0) is 56.5 Å². The van der Waals surface area contributed by atoms with E-state index < -0.39 is 24.0 Å². The minimum absolute atomic E-state index is 0.0361. The van der Waals surface area contributed by atoms with Crippen LogP contribution >= 0.6 is 0 Å². The second kappa shape index (κ2) is 11.0. The molecule has 6 heteroatoms. The first kappa shape index (κ1) is 22.2. The molecule has 0 unspecified atom stereocenters. The highest BCUT2D eigenvalue weighted by atomic mass is 16.6. The van der Waals surface area contributed by atoms with Gasteiger partial charge in [0.25, 0.3) is 0 Å². The van der Waals surface area contributed by atoms with Crippen LogP contribution in [0.15, 0.2) is 35.9 Å². The molecule has 0 aliphatic rings. The van der Waals surface area contributed by atoms with Crippen molar-refractivity contribution in [3.8, 4) is 5.75 Å². The Morgan fingerprint density at radius 1 is 1.15 bits per heavy atom. The molecule has 27 heavy (non-hydrogen) atoms. The van der Waals surface area contributed by atoms with Gasteiger partial charge in [-0.15, -0.1) is 0 Å². The third-order valence-electron chi connectivity index (χ3n) is 3.47. The van der Waals surface area contributed by atoms with Crippen LogP contribution in [0.4, 0.5) is 0 Å². The smallest absolute Gasteiger partial charge is 0.330 e. The van der Waals surface area contributed by atoms with Crippen molar-refractivity contribution < 1.29 is 28.6 Å². The van der Waals surface area contributed by atoms with Crippen LogP contribution in [0, 0.1) is 0 Å². The summed E-state index contributed by atoms with van der Waals surface area (Å²) in [5.41, 5.74) is 2.72. The van der Waals surface area contributed by atoms with Gasteiger partial charge in [0.15, 0.2) is 0 Å². The van der Waals surface area contributed by atoms with Crippen molar-refractivity contribution >= 4 is 24.0 Å². The fourth-order valence-corrected chi connectivity index (χ4v) is 2.23. The van der Waals surface area contributed by atoms with E-state index in [1.807, 2.05) is 26.0 Å². The summed E-state index contributed by atoms with van der Waals surface area (Å²) in [7, 11) is 1.31. The summed E-state index contributed by atoms with van der Waals surface area (Å²) in [4.78, 5) is 34.3. The summed E-state index contributed by atoms with van der Waals surface area (Å²) in [6.07, 6.45) is 4.95. The lowest BCUT2D eigenvalue weighted by atomic mass is 10.0. The van der Waals surface area contributed by atoms with Crippen molar-refractivity contribution in [2.75, 3.05) is 7.11 Å². The second-order valence-electron chi connectivity index (χ2n) is 6.31. The molecule has 1 rings (SSSR count). The van der Waals surface area contributed by atoms with Gasteiger partial charge in [0.05, 0.1) is 13.5 Å². The predicted molar refractivity (Wildman–Crippen MR) is 102 cm³/mol. The van der Waals surface area contributed by atoms with Crippen LogP contribution in [0.5, 0.6) is 5.75 Å². The molecule has 0 N–H and O–H groups in total. The Balaban J connectivity index is 2.97. The zero-order valence-electron chi connectivity index (χ0n) is 16.4. The molecule has 0 bridgehead atoms. The number of ether oxygens (including phenoxy) is 3. The summed E-state index contributed by atoms with van der Waals surface area (Å²) >= 11 is 0. The number of benzene rings is 1. The number of carbonyl (C=O) groups is 3. The van der Waals surface area contributed by atoms with Crippen molar-refractivity contribution in [2.24, 2.45) is 0 Å². The molecule has 0 heterocycles. The first-order valence-electron chi connectivity index (χ1n) is 8.61. The predicted octanol–water partition coefficient (Wildman–Crippen LogP) is 3.63. The maximum atomic E-state index is 12.1. The monoisotopic (exact) mass is 374 g/mol. The molecule has 1 aromatic rings. The minimum atomic E-state index is -0.557. The lowest BCUT2D eigenvalue weighted by Gasteiger charge is -2.13. The third kappa shape index (κ3) is 8.85. The molecule has 1 aromatic carbocycles. The van der Waals surface area contributed by atoms with E-state index in [4.69, 9.17) is 9.47 Å². The SMILES string of the molecule is COC(=O)C=Cc1ccc(OC(=O)C[C@H](C)OC(C)=O)c(CC=C(C)C)c1. The largest absolute Gasteiger partial charge is 0.466 e. The van der Waals surface area contributed by atoms with Crippen molar-refractivity contribution in [2.45, 2.75) is 46.6 Å². The van der Waals surface area contributed by atoms with Gasteiger partial charge in [-0.3, -0.25) is 9.59 Å². The zero-order chi connectivity index (χ0) is 20.4. The van der Waals surface area contributed by atoms with Crippen molar-refractivity contribution in [1.29, 1.82) is 0 Å². The quantitative estimate of drug-likeness (QED) is 0.299. The first-order chi connectivity index (χ1) is 12.7. The Kier molecular flexibility index (Phi) is 8.99. The van der Waals surface area contributed by atoms with Crippen LogP contribution in [0.3, 0.4) is 0 Å². The molecule has 0 saturated carbocycles. The molecular weight excluding hydrogens is 348 g/mol. The van der Waals surface area contributed by atoms with Gasteiger partial charge >= 0.3 is 17.9 Å². The molecule has 1 atom stereocenters. The lowest BCUT2D eigenvalue weighted by Crippen LogP contribution is -2.20. The number of hydrogen-bond acceptors (Lipinski definition) is 6. The molecule has 0 radical (unpaired) electrons. The van der Waals surface area contributed by atoms with Crippen LogP contribution in [0.2, 0.25) is 0 Å². The zero-order valence-corrected chi connectivity index (χ0v) is 16.4. The van der Waals surface area contributed by atoms with Crippen LogP contribution in [0.25, 0.3) is 6.08 Å². The first-order valence-corrected chi connectivity index (χ1v) is 8.61. The van der Waals surface area contributed by atoms with E-state index in [1.54, 1.807) is 25.1 Å². The van der Waals surface area contributed by atoms with Gasteiger partial charge in [-0.1, -0.05) is 17.7 Å². The number of hydrogen-bond donors (Lipinski definition) is 0. The highest BCUT2D eigenvalue weighted by molar-refractivity contribution is 5.87. The van der Waals surface area contributed by atoms with E-state index in [-0.39, 0.29) is 6.42 Å². The highest BCUT2D eigenvalue weighted by Gasteiger charge is 2.15. The normalized spacial score (nSPS) is 11.6. The summed E-state index contributed by atoms with van der Waals surface area (Å²) in [6, 6.07) is 5.26. The van der Waals surface area contributed by atoms with Crippen molar-refractivity contribution in [1.82, 2.24) is 0 Å². The molecule has 0 fully saturated rings. The number of rotatable bonds is 8. The van der Waals surface area contributed by atoms with Crippen LogP contribution in [0.1, 0.15) is 45.2 Å². The van der Waals surface area contributed by atoms with Gasteiger partial charge in [-0.25, -0.2) is 4.79 Å². The fraction of sp³-hybridized carbons (Fsp3) is 0.381. The van der Waals surface area contributed by atoms with Crippen LogP contribution in [-0.4, -0.2) is 31.1 Å². The molecule has 0 saturated heterocycles. The van der Waals surface area contributed by atoms with E-state index in [0.29, 0.717) is 12.2 Å². The fourth-order valence-electron chi connectivity index (χ4n) is 2.23. The van der Waals surface area contributed by atoms with E-state index in [1.165, 1.54) is 20.1 Å². The average molecular weight is 374 g/mol. The average Bonchev–Trinajstić information content (AvgIpc) is 2.58. The third-order valence-corrected chi connectivity index (χ3v) is 3.47. The van der Waals surface area contributed by atoms with Gasteiger partial charge < -0.3 is 14.2 Å². The molecule has 0 amide bonds. The molecular formula is C21H26O6. The van der Waals surface area contributed by atoms with Crippen molar-refractivity contribution in [3.63, 3.8) is 0 Å². The molecule has 6 nitrogen and oxygen atoms in total. The van der Waals surface area contributed by atoms with Gasteiger partial charge in [0.2, 0.25) is 0 Å². The maximum absolute atomic E-state index is 12.1. The Bertz CT molecular complexity index is 741. The number of esters is 3. The Morgan fingerprint density at radius 3 is 2.44 bits per heavy atom. The summed E-state index contributed by atoms with van der Waals surface area (Å²) in [6.45, 7) is 6.88. The second-order valence-corrected chi connectivity index (χ2v) is 6.31. The Hall–Kier alpha value is -2.89. The van der Waals surface area contributed by atoms with Gasteiger partial charge in [-0.2, -0.15) is 0 Å².